The fourth-order valence-electron chi connectivity index (χ4n) is 2.01. The van der Waals surface area contributed by atoms with Crippen LogP contribution in [-0.2, 0) is 4.79 Å². The van der Waals surface area contributed by atoms with Crippen molar-refractivity contribution in [1.29, 1.82) is 0 Å². The second kappa shape index (κ2) is 4.75. The van der Waals surface area contributed by atoms with Gasteiger partial charge in [-0.3, -0.25) is 4.79 Å². The van der Waals surface area contributed by atoms with Gasteiger partial charge in [-0.2, -0.15) is 0 Å². The quantitative estimate of drug-likeness (QED) is 0.684. The number of Topliss-reactive ketones (excluding diaryl/α,β-unsaturated/α-hetero) is 1. The lowest BCUT2D eigenvalue weighted by Crippen LogP contribution is -2.02. The predicted molar refractivity (Wildman–Crippen MR) is 64.6 cm³/mol. The third-order valence-corrected chi connectivity index (χ3v) is 5.80. The average Bonchev–Trinajstić information content (AvgIpc) is 2.65. The van der Waals surface area contributed by atoms with E-state index in [-0.39, 0.29) is 0 Å². The highest BCUT2D eigenvalue weighted by atomic mass is 32.2. The number of hydrogen-bond acceptors (Lipinski definition) is 3. The van der Waals surface area contributed by atoms with Gasteiger partial charge in [0.25, 0.3) is 0 Å². The number of thioether (sulfide) groups is 2. The first-order chi connectivity index (χ1) is 6.77. The minimum absolute atomic E-state index is 0.459. The molecule has 1 atom stereocenters. The minimum atomic E-state index is 0.459. The minimum Gasteiger partial charge on any atom is -0.300 e. The van der Waals surface area contributed by atoms with E-state index < -0.39 is 0 Å². The summed E-state index contributed by atoms with van der Waals surface area (Å²) in [6.45, 7) is 2.23. The third-order valence-electron chi connectivity index (χ3n) is 2.94. The molecule has 0 radical (unpaired) electrons. The van der Waals surface area contributed by atoms with Crippen molar-refractivity contribution < 1.29 is 4.79 Å². The molecule has 1 nitrogen and oxygen atoms in total. The van der Waals surface area contributed by atoms with E-state index in [9.17, 15) is 4.79 Å². The first-order valence-corrected chi connectivity index (χ1v) is 7.22. The summed E-state index contributed by atoms with van der Waals surface area (Å²) in [5.41, 5.74) is 1.49. The smallest absolute Gasteiger partial charge is 0.133 e. The molecule has 1 aliphatic carbocycles. The molecule has 78 valence electrons. The number of carbonyl (C=O) groups is 1. The van der Waals surface area contributed by atoms with Gasteiger partial charge in [0, 0.05) is 17.1 Å². The zero-order valence-electron chi connectivity index (χ0n) is 8.54. The van der Waals surface area contributed by atoms with Gasteiger partial charge in [0.1, 0.15) is 5.78 Å². The predicted octanol–water partition coefficient (Wildman–Crippen LogP) is 3.46. The molecule has 0 aromatic heterocycles. The Kier molecular flexibility index (Phi) is 3.61. The molecule has 0 N–H and O–H groups in total. The van der Waals surface area contributed by atoms with Gasteiger partial charge in [-0.05, 0) is 42.8 Å². The van der Waals surface area contributed by atoms with Gasteiger partial charge < -0.3 is 0 Å². The monoisotopic (exact) mass is 228 g/mol. The van der Waals surface area contributed by atoms with Crippen LogP contribution in [-0.4, -0.2) is 17.3 Å². The molecule has 2 rings (SSSR count). The Labute approximate surface area is 94.1 Å². The van der Waals surface area contributed by atoms with Gasteiger partial charge in [0.15, 0.2) is 0 Å². The zero-order chi connectivity index (χ0) is 9.97. The molecule has 0 bridgehead atoms. The summed E-state index contributed by atoms with van der Waals surface area (Å²) in [7, 11) is 0. The lowest BCUT2D eigenvalue weighted by molar-refractivity contribution is -0.117. The van der Waals surface area contributed by atoms with Crippen LogP contribution in [0.1, 0.15) is 32.6 Å². The van der Waals surface area contributed by atoms with Gasteiger partial charge in [-0.1, -0.05) is 0 Å². The Morgan fingerprint density at radius 1 is 1.36 bits per heavy atom. The van der Waals surface area contributed by atoms with E-state index in [0.29, 0.717) is 11.7 Å². The molecule has 1 unspecified atom stereocenters. The van der Waals surface area contributed by atoms with Crippen LogP contribution < -0.4 is 0 Å². The number of carbonyl (C=O) groups excluding carboxylic acids is 1. The highest BCUT2D eigenvalue weighted by Crippen LogP contribution is 2.41. The van der Waals surface area contributed by atoms with Crippen molar-refractivity contribution in [1.82, 2.24) is 0 Å². The highest BCUT2D eigenvalue weighted by Gasteiger charge is 2.25. The van der Waals surface area contributed by atoms with E-state index in [0.717, 1.165) is 19.3 Å². The molecular weight excluding hydrogens is 212 g/mol. The summed E-state index contributed by atoms with van der Waals surface area (Å²) in [6, 6.07) is 0. The molecule has 14 heavy (non-hydrogen) atoms. The molecule has 3 heteroatoms. The maximum atomic E-state index is 11.2. The van der Waals surface area contributed by atoms with E-state index in [1.54, 1.807) is 0 Å². The van der Waals surface area contributed by atoms with Crippen LogP contribution in [0.25, 0.3) is 0 Å². The van der Waals surface area contributed by atoms with Gasteiger partial charge in [-0.15, -0.1) is 23.5 Å². The summed E-state index contributed by atoms with van der Waals surface area (Å²) < 4.78 is 1.51. The molecule has 1 heterocycles. The Hall–Kier alpha value is 0.110. The van der Waals surface area contributed by atoms with Crippen LogP contribution in [0, 0.1) is 5.92 Å². The molecule has 0 aromatic rings. The number of ketones is 1. The molecule has 0 aromatic carbocycles. The van der Waals surface area contributed by atoms with Crippen LogP contribution in [0.4, 0.5) is 0 Å². The normalized spacial score (nSPS) is 28.2. The maximum Gasteiger partial charge on any atom is 0.133 e. The maximum absolute atomic E-state index is 11.2. The molecule has 2 fully saturated rings. The molecule has 2 aliphatic rings. The molecular formula is C11H16OS2. The first-order valence-electron chi connectivity index (χ1n) is 5.25. The largest absolute Gasteiger partial charge is 0.300 e. The molecule has 0 amide bonds. The van der Waals surface area contributed by atoms with Crippen molar-refractivity contribution in [3.63, 3.8) is 0 Å². The van der Waals surface area contributed by atoms with Gasteiger partial charge in [-0.25, -0.2) is 0 Å². The van der Waals surface area contributed by atoms with E-state index in [4.69, 9.17) is 0 Å². The first kappa shape index (κ1) is 10.6. The van der Waals surface area contributed by atoms with E-state index in [1.807, 2.05) is 23.5 Å². The van der Waals surface area contributed by atoms with Gasteiger partial charge >= 0.3 is 0 Å². The average molecular weight is 228 g/mol. The van der Waals surface area contributed by atoms with Gasteiger partial charge in [0.05, 0.1) is 0 Å². The van der Waals surface area contributed by atoms with Crippen molar-refractivity contribution in [2.75, 3.05) is 11.5 Å². The lowest BCUT2D eigenvalue weighted by atomic mass is 10.0. The van der Waals surface area contributed by atoms with Crippen molar-refractivity contribution >= 4 is 29.3 Å². The second-order valence-corrected chi connectivity index (χ2v) is 6.47. The van der Waals surface area contributed by atoms with Crippen LogP contribution in [0.15, 0.2) is 9.81 Å². The SMILES string of the molecule is CC(=C1SCCCS1)C1CCC(=O)C1. The summed E-state index contributed by atoms with van der Waals surface area (Å²) in [6.07, 6.45) is 4.03. The standard InChI is InChI=1S/C11H16OS2/c1-8(9-3-4-10(12)7-9)11-13-5-2-6-14-11/h9H,2-7H2,1H3. The summed E-state index contributed by atoms with van der Waals surface area (Å²) in [5, 5.41) is 0. The van der Waals surface area contributed by atoms with E-state index in [2.05, 4.69) is 6.92 Å². The Bertz CT molecular complexity index is 262. The lowest BCUT2D eigenvalue weighted by Gasteiger charge is -2.19. The topological polar surface area (TPSA) is 17.1 Å². The third kappa shape index (κ3) is 2.37. The summed E-state index contributed by atoms with van der Waals surface area (Å²) in [4.78, 5) is 11.2. The van der Waals surface area contributed by atoms with Crippen LogP contribution in [0.5, 0.6) is 0 Å². The number of allylic oxidation sites excluding steroid dienone is 1. The van der Waals surface area contributed by atoms with Crippen molar-refractivity contribution in [3.05, 3.63) is 9.81 Å². The van der Waals surface area contributed by atoms with Crippen LogP contribution in [0.2, 0.25) is 0 Å². The number of rotatable bonds is 1. The Balaban J connectivity index is 2.04. The molecule has 1 saturated carbocycles. The van der Waals surface area contributed by atoms with Crippen molar-refractivity contribution in [3.8, 4) is 0 Å². The van der Waals surface area contributed by atoms with Gasteiger partial charge in [0.2, 0.25) is 0 Å². The summed E-state index contributed by atoms with van der Waals surface area (Å²) >= 11 is 3.98. The Morgan fingerprint density at radius 3 is 2.64 bits per heavy atom. The fourth-order valence-corrected chi connectivity index (χ4v) is 4.76. The number of hydrogen-bond donors (Lipinski definition) is 0. The molecule has 0 spiro atoms. The zero-order valence-corrected chi connectivity index (χ0v) is 10.2. The van der Waals surface area contributed by atoms with Crippen molar-refractivity contribution in [2.45, 2.75) is 32.6 Å². The van der Waals surface area contributed by atoms with Crippen molar-refractivity contribution in [2.24, 2.45) is 5.92 Å². The van der Waals surface area contributed by atoms with Crippen LogP contribution >= 0.6 is 23.5 Å². The molecule has 1 aliphatic heterocycles. The second-order valence-electron chi connectivity index (χ2n) is 4.00. The Morgan fingerprint density at radius 2 is 2.07 bits per heavy atom. The fraction of sp³-hybridized carbons (Fsp3) is 0.727. The van der Waals surface area contributed by atoms with Crippen LogP contribution in [0.3, 0.4) is 0 Å². The molecule has 1 saturated heterocycles. The summed E-state index contributed by atoms with van der Waals surface area (Å²) in [5.74, 6) is 3.55. The van der Waals surface area contributed by atoms with E-state index in [1.165, 1.54) is 27.7 Å². The highest BCUT2D eigenvalue weighted by molar-refractivity contribution is 8.22. The van der Waals surface area contributed by atoms with E-state index >= 15 is 0 Å².